The third kappa shape index (κ3) is 7.74. The van der Waals surface area contributed by atoms with Crippen LogP contribution in [0.4, 0.5) is 5.69 Å². The number of nitrogens with two attached hydrogens (primary N) is 2. The standard InChI is InChI=1S/C21H28N6O7S/c1-4-33-20(30)17(34-25-21(22)23)11-24-18(28)12-27-14(3)8-9-16(19(27)29)26-35(31,32)15-7-5-6-13(2)10-15/h5-10,17,26H,4,11-12H2,1-3H3,(H,24,28)(H4,22,23,25). The highest BCUT2D eigenvalue weighted by Gasteiger charge is 2.24. The lowest BCUT2D eigenvalue weighted by molar-refractivity contribution is -0.156. The summed E-state index contributed by atoms with van der Waals surface area (Å²) in [5, 5.41) is 5.73. The molecule has 1 amide bonds. The molecule has 13 nitrogen and oxygen atoms in total. The van der Waals surface area contributed by atoms with Gasteiger partial charge in [0.2, 0.25) is 18.0 Å². The van der Waals surface area contributed by atoms with E-state index < -0.39 is 46.1 Å². The normalized spacial score (nSPS) is 11.7. The summed E-state index contributed by atoms with van der Waals surface area (Å²) in [5.74, 6) is -1.90. The van der Waals surface area contributed by atoms with Crippen molar-refractivity contribution in [2.24, 2.45) is 16.6 Å². The van der Waals surface area contributed by atoms with Crippen LogP contribution in [0.2, 0.25) is 0 Å². The first-order valence-corrected chi connectivity index (χ1v) is 11.9. The zero-order chi connectivity index (χ0) is 26.2. The van der Waals surface area contributed by atoms with Crippen molar-refractivity contribution in [3.63, 3.8) is 0 Å². The summed E-state index contributed by atoms with van der Waals surface area (Å²) < 4.78 is 33.6. The zero-order valence-electron chi connectivity index (χ0n) is 19.5. The third-order valence-electron chi connectivity index (χ3n) is 4.56. The Kier molecular flexibility index (Phi) is 9.22. The number of guanidine groups is 1. The molecule has 2 aromatic rings. The van der Waals surface area contributed by atoms with Crippen LogP contribution >= 0.6 is 0 Å². The molecule has 0 bridgehead atoms. The van der Waals surface area contributed by atoms with E-state index in [-0.39, 0.29) is 23.7 Å². The number of hydrogen-bond donors (Lipinski definition) is 4. The number of nitrogens with zero attached hydrogens (tertiary/aromatic N) is 2. The van der Waals surface area contributed by atoms with Crippen molar-refractivity contribution in [2.75, 3.05) is 17.9 Å². The third-order valence-corrected chi connectivity index (χ3v) is 5.92. The van der Waals surface area contributed by atoms with Gasteiger partial charge < -0.3 is 30.9 Å². The lowest BCUT2D eigenvalue weighted by atomic mass is 10.2. The summed E-state index contributed by atoms with van der Waals surface area (Å²) in [5.41, 5.74) is 10.5. The highest BCUT2D eigenvalue weighted by Crippen LogP contribution is 2.15. The molecule has 1 unspecified atom stereocenters. The average molecular weight is 509 g/mol. The van der Waals surface area contributed by atoms with Crippen LogP contribution in [0.3, 0.4) is 0 Å². The van der Waals surface area contributed by atoms with Gasteiger partial charge in [-0.2, -0.15) is 0 Å². The number of aromatic nitrogens is 1. The predicted molar refractivity (Wildman–Crippen MR) is 128 cm³/mol. The summed E-state index contributed by atoms with van der Waals surface area (Å²) >= 11 is 0. The summed E-state index contributed by atoms with van der Waals surface area (Å²) in [4.78, 5) is 42.3. The van der Waals surface area contributed by atoms with Crippen molar-refractivity contribution >= 4 is 33.5 Å². The lowest BCUT2D eigenvalue weighted by Crippen LogP contribution is -2.42. The number of nitrogens with one attached hydrogen (secondary N) is 2. The summed E-state index contributed by atoms with van der Waals surface area (Å²) in [7, 11) is -4.03. The largest absolute Gasteiger partial charge is 0.463 e. The number of carbonyl (C=O) groups excluding carboxylic acids is 2. The Morgan fingerprint density at radius 2 is 1.89 bits per heavy atom. The highest BCUT2D eigenvalue weighted by molar-refractivity contribution is 7.92. The van der Waals surface area contributed by atoms with Crippen molar-refractivity contribution in [1.82, 2.24) is 9.88 Å². The second-order valence-corrected chi connectivity index (χ2v) is 9.05. The molecular formula is C21H28N6O7S. The monoisotopic (exact) mass is 508 g/mol. The predicted octanol–water partition coefficient (Wildman–Crippen LogP) is -0.481. The van der Waals surface area contributed by atoms with Crippen LogP contribution in [0.15, 0.2) is 51.2 Å². The van der Waals surface area contributed by atoms with E-state index in [0.717, 1.165) is 10.1 Å². The SMILES string of the molecule is CCOC(=O)C(CNC(=O)Cn1c(C)ccc(NS(=O)(=O)c2cccc(C)c2)c1=O)ON=C(N)N. The Labute approximate surface area is 202 Å². The molecule has 0 saturated heterocycles. The van der Waals surface area contributed by atoms with Crippen molar-refractivity contribution in [3.05, 3.63) is 58.0 Å². The van der Waals surface area contributed by atoms with E-state index in [2.05, 4.69) is 15.2 Å². The number of oxime groups is 1. The quantitative estimate of drug-likeness (QED) is 0.134. The van der Waals surface area contributed by atoms with E-state index in [1.165, 1.54) is 24.3 Å². The van der Waals surface area contributed by atoms with E-state index in [9.17, 15) is 22.8 Å². The van der Waals surface area contributed by atoms with Gasteiger partial charge in [0, 0.05) is 5.69 Å². The van der Waals surface area contributed by atoms with E-state index in [1.807, 2.05) is 0 Å². The average Bonchev–Trinajstić information content (AvgIpc) is 2.78. The van der Waals surface area contributed by atoms with Crippen LogP contribution in [0.5, 0.6) is 0 Å². The summed E-state index contributed by atoms with van der Waals surface area (Å²) in [6.45, 7) is 4.17. The fourth-order valence-electron chi connectivity index (χ4n) is 2.86. The zero-order valence-corrected chi connectivity index (χ0v) is 20.3. The number of rotatable bonds is 11. The van der Waals surface area contributed by atoms with E-state index in [1.54, 1.807) is 32.9 Å². The fraction of sp³-hybridized carbons (Fsp3) is 0.333. The molecular weight excluding hydrogens is 480 g/mol. The molecule has 1 heterocycles. The van der Waals surface area contributed by atoms with Crippen molar-refractivity contribution in [1.29, 1.82) is 0 Å². The Morgan fingerprint density at radius 1 is 1.17 bits per heavy atom. The first-order chi connectivity index (χ1) is 16.4. The fourth-order valence-corrected chi connectivity index (χ4v) is 4.02. The Bertz CT molecular complexity index is 1270. The Morgan fingerprint density at radius 3 is 2.51 bits per heavy atom. The molecule has 0 fully saturated rings. The van der Waals surface area contributed by atoms with Crippen LogP contribution in [-0.4, -0.2) is 50.1 Å². The number of sulfonamides is 1. The number of esters is 1. The maximum absolute atomic E-state index is 12.9. The van der Waals surface area contributed by atoms with Gasteiger partial charge in [-0.3, -0.25) is 14.3 Å². The van der Waals surface area contributed by atoms with Crippen molar-refractivity contribution < 1.29 is 27.6 Å². The molecule has 1 aromatic heterocycles. The topological polar surface area (TPSA) is 197 Å². The number of benzene rings is 1. The maximum Gasteiger partial charge on any atom is 0.352 e. The minimum atomic E-state index is -4.03. The maximum atomic E-state index is 12.9. The van der Waals surface area contributed by atoms with Gasteiger partial charge in [0.15, 0.2) is 0 Å². The molecule has 190 valence electrons. The van der Waals surface area contributed by atoms with Gasteiger partial charge in [-0.25, -0.2) is 13.2 Å². The molecule has 0 aliphatic carbocycles. The number of aryl methyl sites for hydroxylation is 2. The minimum absolute atomic E-state index is 0.00690. The van der Waals surface area contributed by atoms with Crippen LogP contribution in [0.25, 0.3) is 0 Å². The number of anilines is 1. The number of amides is 1. The second kappa shape index (κ2) is 11.9. The Balaban J connectivity index is 2.17. The number of ether oxygens (including phenoxy) is 1. The van der Waals surface area contributed by atoms with Gasteiger partial charge in [0.1, 0.15) is 12.2 Å². The van der Waals surface area contributed by atoms with Crippen molar-refractivity contribution in [2.45, 2.75) is 38.3 Å². The first kappa shape index (κ1) is 27.2. The molecule has 0 saturated carbocycles. The smallest absolute Gasteiger partial charge is 0.352 e. The van der Waals surface area contributed by atoms with Crippen LogP contribution in [0.1, 0.15) is 18.2 Å². The molecule has 35 heavy (non-hydrogen) atoms. The molecule has 0 aliphatic heterocycles. The van der Waals surface area contributed by atoms with Crippen LogP contribution < -0.4 is 27.1 Å². The van der Waals surface area contributed by atoms with E-state index >= 15 is 0 Å². The lowest BCUT2D eigenvalue weighted by Gasteiger charge is -2.16. The van der Waals surface area contributed by atoms with Crippen LogP contribution in [-0.2, 0) is 35.7 Å². The second-order valence-electron chi connectivity index (χ2n) is 7.37. The molecule has 1 atom stereocenters. The molecule has 14 heteroatoms. The molecule has 6 N–H and O–H groups in total. The number of pyridine rings is 1. The number of hydrogen-bond acceptors (Lipinski definition) is 8. The summed E-state index contributed by atoms with van der Waals surface area (Å²) in [6, 6.07) is 9.01. The first-order valence-electron chi connectivity index (χ1n) is 10.4. The van der Waals surface area contributed by atoms with Gasteiger partial charge in [-0.1, -0.05) is 12.1 Å². The molecule has 0 aliphatic rings. The van der Waals surface area contributed by atoms with Gasteiger partial charge >= 0.3 is 5.97 Å². The van der Waals surface area contributed by atoms with Crippen LogP contribution in [0, 0.1) is 13.8 Å². The van der Waals surface area contributed by atoms with E-state index in [4.69, 9.17) is 21.0 Å². The molecule has 0 spiro atoms. The number of carbonyl (C=O) groups is 2. The van der Waals surface area contributed by atoms with Gasteiger partial charge in [-0.15, -0.1) is 0 Å². The highest BCUT2D eigenvalue weighted by atomic mass is 32.2. The van der Waals surface area contributed by atoms with Gasteiger partial charge in [0.05, 0.1) is 18.0 Å². The molecule has 1 aromatic carbocycles. The Hall–Kier alpha value is -4.07. The van der Waals surface area contributed by atoms with E-state index in [0.29, 0.717) is 5.69 Å². The van der Waals surface area contributed by atoms with Crippen molar-refractivity contribution in [3.8, 4) is 0 Å². The molecule has 2 rings (SSSR count). The van der Waals surface area contributed by atoms with Gasteiger partial charge in [0.25, 0.3) is 15.6 Å². The minimum Gasteiger partial charge on any atom is -0.463 e. The molecule has 0 radical (unpaired) electrons. The van der Waals surface area contributed by atoms with Gasteiger partial charge in [-0.05, 0) is 55.8 Å². The summed E-state index contributed by atoms with van der Waals surface area (Å²) in [6.07, 6.45) is -1.33.